The van der Waals surface area contributed by atoms with Gasteiger partial charge in [-0.2, -0.15) is 0 Å². The van der Waals surface area contributed by atoms with Crippen molar-refractivity contribution in [3.63, 3.8) is 0 Å². The van der Waals surface area contributed by atoms with E-state index >= 15 is 0 Å². The predicted octanol–water partition coefficient (Wildman–Crippen LogP) is 17.5. The Balaban J connectivity index is 2.16. The molecule has 0 spiro atoms. The van der Waals surface area contributed by atoms with Crippen molar-refractivity contribution in [2.45, 2.75) is 254 Å². The van der Waals surface area contributed by atoms with Crippen LogP contribution >= 0.6 is 0 Å². The number of aryl methyl sites for hydroxylation is 6. The minimum absolute atomic E-state index is 0.513. The van der Waals surface area contributed by atoms with Gasteiger partial charge in [-0.1, -0.05) is 249 Å². The van der Waals surface area contributed by atoms with Gasteiger partial charge in [0.15, 0.2) is 8.07 Å². The second-order valence-electron chi connectivity index (χ2n) is 20.4. The summed E-state index contributed by atoms with van der Waals surface area (Å²) < 4.78 is 0. The van der Waals surface area contributed by atoms with E-state index in [2.05, 4.69) is 128 Å². The third kappa shape index (κ3) is 16.9. The lowest BCUT2D eigenvalue weighted by Gasteiger charge is -2.42. The van der Waals surface area contributed by atoms with Crippen LogP contribution in [-0.4, -0.2) is 8.07 Å². The summed E-state index contributed by atoms with van der Waals surface area (Å²) in [5, 5.41) is 5.01. The van der Waals surface area contributed by atoms with E-state index in [1.807, 2.05) is 0 Å². The molecule has 3 aromatic carbocycles. The molecular weight excluding hydrogens is 785 g/mol. The first-order valence-electron chi connectivity index (χ1n) is 28.0. The van der Waals surface area contributed by atoms with Crippen LogP contribution in [-0.2, 0) is 38.5 Å². The number of hydrogen-bond donors (Lipinski definition) is 0. The Morgan fingerprint density at radius 3 is 0.844 bits per heavy atom. The molecule has 0 saturated heterocycles. The van der Waals surface area contributed by atoms with E-state index in [1.54, 1.807) is 60.1 Å². The quantitative estimate of drug-likeness (QED) is 0.0310. The highest BCUT2D eigenvalue weighted by molar-refractivity contribution is 7.16. The van der Waals surface area contributed by atoms with Crippen LogP contribution in [0.2, 0.25) is 0 Å². The van der Waals surface area contributed by atoms with Gasteiger partial charge in [0.2, 0.25) is 0 Å². The van der Waals surface area contributed by atoms with Crippen LogP contribution < -0.4 is 15.6 Å². The van der Waals surface area contributed by atoms with Crippen LogP contribution in [0.1, 0.15) is 249 Å². The zero-order chi connectivity index (χ0) is 45.8. The van der Waals surface area contributed by atoms with Gasteiger partial charge in [-0.25, -0.2) is 0 Å². The topological polar surface area (TPSA) is 0 Å². The van der Waals surface area contributed by atoms with Gasteiger partial charge in [0.05, 0.1) is 0 Å². The average molecular weight is 885 g/mol. The lowest BCUT2D eigenvalue weighted by Crippen LogP contribution is -2.71. The van der Waals surface area contributed by atoms with Crippen molar-refractivity contribution in [3.8, 4) is 0 Å². The fourth-order valence-electron chi connectivity index (χ4n) is 10.7. The van der Waals surface area contributed by atoms with Crippen LogP contribution in [0.4, 0.5) is 0 Å². The lowest BCUT2D eigenvalue weighted by atomic mass is 9.97. The molecule has 1 aliphatic rings. The van der Waals surface area contributed by atoms with Crippen molar-refractivity contribution in [2.75, 3.05) is 0 Å². The number of hydrogen-bond acceptors (Lipinski definition) is 0. The maximum absolute atomic E-state index is 2.89. The minimum atomic E-state index is -2.89. The van der Waals surface area contributed by atoms with Crippen molar-refractivity contribution >= 4 is 23.6 Å². The Bertz CT molecular complexity index is 1510. The molecule has 0 bridgehead atoms. The summed E-state index contributed by atoms with van der Waals surface area (Å²) in [6, 6.07) is 24.8. The standard InChI is InChI=1S/C63H99Si/c1-9-16-22-28-35-53-43-54(36-29-23-17-10-2)47-59(46-53)64(63-42-34-41-62(63)52(8)15-7,60-48-55(37-30-24-18-11-3)44-56(49-60)38-31-25-19-12-4)61-50-57(39-32-26-20-13-5)45-58(51-61)40-33-27-21-14-6/h34,41-52H,9-33,35-40H2,1-8H3. The molecule has 0 N–H and O–H groups in total. The van der Waals surface area contributed by atoms with Crippen LogP contribution in [0.3, 0.4) is 0 Å². The van der Waals surface area contributed by atoms with Crippen molar-refractivity contribution in [1.29, 1.82) is 0 Å². The van der Waals surface area contributed by atoms with Crippen LogP contribution in [0.5, 0.6) is 0 Å². The van der Waals surface area contributed by atoms with E-state index < -0.39 is 8.07 Å². The molecule has 355 valence electrons. The van der Waals surface area contributed by atoms with E-state index in [0.29, 0.717) is 5.92 Å². The van der Waals surface area contributed by atoms with Crippen molar-refractivity contribution in [2.24, 2.45) is 5.92 Å². The fraction of sp³-hybridized carbons (Fsp3) is 0.635. The molecule has 0 saturated carbocycles. The number of rotatable bonds is 36. The Morgan fingerprint density at radius 1 is 0.344 bits per heavy atom. The van der Waals surface area contributed by atoms with Crippen molar-refractivity contribution in [3.05, 3.63) is 117 Å². The normalized spacial score (nSPS) is 13.6. The molecule has 0 heterocycles. The summed E-state index contributed by atoms with van der Waals surface area (Å²) in [5.41, 5.74) is 12.9. The zero-order valence-corrected chi connectivity index (χ0v) is 44.4. The van der Waals surface area contributed by atoms with E-state index in [1.165, 1.54) is 199 Å². The van der Waals surface area contributed by atoms with E-state index in [4.69, 9.17) is 0 Å². The molecule has 0 amide bonds. The van der Waals surface area contributed by atoms with Crippen molar-refractivity contribution in [1.82, 2.24) is 0 Å². The zero-order valence-electron chi connectivity index (χ0n) is 43.4. The molecular formula is C63H99Si. The molecule has 1 radical (unpaired) electrons. The van der Waals surface area contributed by atoms with Gasteiger partial charge in [-0.3, -0.25) is 0 Å². The van der Waals surface area contributed by atoms with E-state index in [9.17, 15) is 0 Å². The van der Waals surface area contributed by atoms with Crippen LogP contribution in [0, 0.1) is 11.5 Å². The van der Waals surface area contributed by atoms with E-state index in [-0.39, 0.29) is 0 Å². The van der Waals surface area contributed by atoms with E-state index in [0.717, 1.165) is 0 Å². The van der Waals surface area contributed by atoms with Gasteiger partial charge in [0.1, 0.15) is 0 Å². The lowest BCUT2D eigenvalue weighted by molar-refractivity contribution is 0.660. The van der Waals surface area contributed by atoms with Gasteiger partial charge >= 0.3 is 0 Å². The predicted molar refractivity (Wildman–Crippen MR) is 291 cm³/mol. The summed E-state index contributed by atoms with van der Waals surface area (Å²) >= 11 is 0. The highest BCUT2D eigenvalue weighted by Gasteiger charge is 2.49. The molecule has 0 fully saturated rings. The molecule has 0 nitrogen and oxygen atoms in total. The summed E-state index contributed by atoms with van der Waals surface area (Å²) in [7, 11) is -2.89. The highest BCUT2D eigenvalue weighted by atomic mass is 28.3. The molecule has 0 aliphatic heterocycles. The molecule has 1 heteroatoms. The minimum Gasteiger partial charge on any atom is -0.0750 e. The molecule has 1 atom stereocenters. The first kappa shape index (κ1) is 54.0. The SMILES string of the molecule is CCCCCCc1cc(CCCCCC)cc([Si]([C]2C=CC=C2C(C)CC)(c2cc(CCCCCC)cc(CCCCCC)c2)c2cc(CCCCCC)cc(CCCCCC)c2)c1. The molecule has 1 unspecified atom stereocenters. The maximum atomic E-state index is 2.80. The summed E-state index contributed by atoms with van der Waals surface area (Å²) in [6.07, 6.45) is 47.5. The van der Waals surface area contributed by atoms with Gasteiger partial charge < -0.3 is 0 Å². The molecule has 4 rings (SSSR count). The average Bonchev–Trinajstić information content (AvgIpc) is 3.80. The Hall–Kier alpha value is -2.64. The summed E-state index contributed by atoms with van der Waals surface area (Å²) in [4.78, 5) is 0. The number of allylic oxidation sites excluding steroid dienone is 4. The summed E-state index contributed by atoms with van der Waals surface area (Å²) in [5.74, 6) is 0.513. The largest absolute Gasteiger partial charge is 0.163 e. The first-order valence-corrected chi connectivity index (χ1v) is 30.0. The Labute approximate surface area is 399 Å². The number of unbranched alkanes of at least 4 members (excludes halogenated alkanes) is 18. The molecule has 1 aliphatic carbocycles. The highest BCUT2D eigenvalue weighted by Crippen LogP contribution is 2.38. The Morgan fingerprint density at radius 2 is 0.609 bits per heavy atom. The fourth-order valence-corrected chi connectivity index (χ4v) is 16.2. The van der Waals surface area contributed by atoms with Gasteiger partial charge in [-0.15, -0.1) is 0 Å². The Kier molecular flexibility index (Phi) is 26.4. The van der Waals surface area contributed by atoms with Crippen molar-refractivity contribution < 1.29 is 0 Å². The monoisotopic (exact) mass is 884 g/mol. The molecule has 64 heavy (non-hydrogen) atoms. The number of benzene rings is 3. The van der Waals surface area contributed by atoms with Crippen LogP contribution in [0.15, 0.2) is 78.4 Å². The first-order chi connectivity index (χ1) is 31.4. The smallest absolute Gasteiger partial charge is 0.0750 e. The third-order valence-electron chi connectivity index (χ3n) is 14.8. The van der Waals surface area contributed by atoms with Crippen LogP contribution in [0.25, 0.3) is 0 Å². The molecule has 0 aromatic heterocycles. The second-order valence-corrected chi connectivity index (χ2v) is 24.2. The third-order valence-corrected chi connectivity index (χ3v) is 19.5. The van der Waals surface area contributed by atoms with Gasteiger partial charge in [0.25, 0.3) is 0 Å². The van der Waals surface area contributed by atoms with Gasteiger partial charge in [-0.05, 0) is 138 Å². The van der Waals surface area contributed by atoms with Gasteiger partial charge in [0, 0.05) is 5.54 Å². The second kappa shape index (κ2) is 31.4. The molecule has 3 aromatic rings. The summed E-state index contributed by atoms with van der Waals surface area (Å²) in [6.45, 7) is 19.1. The maximum Gasteiger partial charge on any atom is 0.163 e.